The molecular weight excluding hydrogens is 964 g/mol. The lowest BCUT2D eigenvalue weighted by Gasteiger charge is -2.29. The van der Waals surface area contributed by atoms with Gasteiger partial charge in [-0.05, 0) is 150 Å². The number of aliphatic hydroxyl groups excluding tert-OH is 2. The van der Waals surface area contributed by atoms with Crippen LogP contribution in [0.5, 0.6) is 17.2 Å². The summed E-state index contributed by atoms with van der Waals surface area (Å²) in [5.74, 6) is 1.83. The van der Waals surface area contributed by atoms with Crippen molar-refractivity contribution < 1.29 is 24.4 Å². The van der Waals surface area contributed by atoms with Crippen LogP contribution in [-0.4, -0.2) is 42.2 Å². The number of benzene rings is 3. The average molecular weight is 989 g/mol. The fraction of sp³-hybridized carbons (Fsp3) is 0.333. The van der Waals surface area contributed by atoms with Crippen molar-refractivity contribution in [2.75, 3.05) is 19.8 Å². The highest BCUT2D eigenvalue weighted by atomic mass is 79.9. The van der Waals surface area contributed by atoms with E-state index < -0.39 is 6.10 Å². The summed E-state index contributed by atoms with van der Waals surface area (Å²) in [6.45, 7) is 6.09. The zero-order valence-electron chi connectivity index (χ0n) is 21.0. The summed E-state index contributed by atoms with van der Waals surface area (Å²) < 4.78 is 23.1. The second kappa shape index (κ2) is 14.7. The zero-order valence-corrected chi connectivity index (χ0v) is 32.1. The van der Waals surface area contributed by atoms with Gasteiger partial charge in [0.1, 0.15) is 42.7 Å². The second-order valence-corrected chi connectivity index (χ2v) is 15.3. The van der Waals surface area contributed by atoms with Crippen molar-refractivity contribution >= 4 is 112 Å². The molecular formula is C27H25Br7O5. The quantitative estimate of drug-likeness (QED) is 0.200. The zero-order chi connectivity index (χ0) is 29.1. The monoisotopic (exact) mass is 982 g/mol. The summed E-state index contributed by atoms with van der Waals surface area (Å²) in [5, 5.41) is 19.9. The van der Waals surface area contributed by atoms with Crippen molar-refractivity contribution in [3.05, 3.63) is 78.8 Å². The van der Waals surface area contributed by atoms with Gasteiger partial charge in [0.25, 0.3) is 0 Å². The first kappa shape index (κ1) is 33.8. The molecule has 0 aromatic heterocycles. The molecule has 39 heavy (non-hydrogen) atoms. The molecule has 0 spiro atoms. The third-order valence-corrected chi connectivity index (χ3v) is 9.81. The van der Waals surface area contributed by atoms with Gasteiger partial charge in [0.05, 0.1) is 33.4 Å². The van der Waals surface area contributed by atoms with Gasteiger partial charge in [0.15, 0.2) is 0 Å². The van der Waals surface area contributed by atoms with E-state index in [2.05, 4.69) is 125 Å². The molecule has 2 atom stereocenters. The van der Waals surface area contributed by atoms with E-state index in [1.165, 1.54) is 0 Å². The van der Waals surface area contributed by atoms with Crippen LogP contribution in [0.2, 0.25) is 0 Å². The van der Waals surface area contributed by atoms with Crippen LogP contribution in [0, 0.1) is 0 Å². The third kappa shape index (κ3) is 8.69. The van der Waals surface area contributed by atoms with Crippen LogP contribution in [0.4, 0.5) is 0 Å². The number of hydrogen-bond acceptors (Lipinski definition) is 5. The Hall–Kier alpha value is 0.340. The molecule has 2 N–H and O–H groups in total. The first-order valence-electron chi connectivity index (χ1n) is 11.6. The molecule has 12 heteroatoms. The highest BCUT2D eigenvalue weighted by Gasteiger charge is 2.28. The van der Waals surface area contributed by atoms with Gasteiger partial charge in [0.2, 0.25) is 0 Å². The van der Waals surface area contributed by atoms with Gasteiger partial charge in [0, 0.05) is 9.89 Å². The fourth-order valence-corrected chi connectivity index (χ4v) is 8.85. The topological polar surface area (TPSA) is 68.2 Å². The van der Waals surface area contributed by atoms with Gasteiger partial charge in [-0.15, -0.1) is 0 Å². The molecule has 2 unspecified atom stereocenters. The Morgan fingerprint density at radius 2 is 1.03 bits per heavy atom. The predicted molar refractivity (Wildman–Crippen MR) is 180 cm³/mol. The van der Waals surface area contributed by atoms with E-state index >= 15 is 0 Å². The van der Waals surface area contributed by atoms with Gasteiger partial charge in [-0.1, -0.05) is 29.8 Å². The van der Waals surface area contributed by atoms with Crippen LogP contribution in [0.1, 0.15) is 31.9 Å². The molecule has 0 bridgehead atoms. The van der Waals surface area contributed by atoms with Crippen LogP contribution in [0.15, 0.2) is 67.7 Å². The lowest BCUT2D eigenvalue weighted by molar-refractivity contribution is 0.0616. The molecule has 0 amide bonds. The van der Waals surface area contributed by atoms with Gasteiger partial charge in [-0.25, -0.2) is 0 Å². The van der Waals surface area contributed by atoms with E-state index in [1.807, 2.05) is 43.3 Å². The molecule has 5 nitrogen and oxygen atoms in total. The Labute approximate surface area is 287 Å². The summed E-state index contributed by atoms with van der Waals surface area (Å²) in [6, 6.07) is 11.8. The molecule has 0 saturated heterocycles. The van der Waals surface area contributed by atoms with E-state index in [4.69, 9.17) is 14.2 Å². The largest absolute Gasteiger partial charge is 0.488 e. The summed E-state index contributed by atoms with van der Waals surface area (Å²) >= 11 is 24.9. The maximum atomic E-state index is 10.5. The van der Waals surface area contributed by atoms with Crippen LogP contribution in [0.3, 0.4) is 0 Å². The molecule has 0 aliphatic heterocycles. The van der Waals surface area contributed by atoms with Crippen molar-refractivity contribution in [1.82, 2.24) is 0 Å². The number of hydrogen-bond donors (Lipinski definition) is 2. The number of ether oxygens (including phenoxy) is 3. The molecule has 3 rings (SSSR count). The van der Waals surface area contributed by atoms with Crippen LogP contribution in [-0.2, 0) is 5.41 Å². The Morgan fingerprint density at radius 3 is 1.41 bits per heavy atom. The van der Waals surface area contributed by atoms with Gasteiger partial charge >= 0.3 is 0 Å². The summed E-state index contributed by atoms with van der Waals surface area (Å²) in [5.41, 5.74) is 1.71. The third-order valence-electron chi connectivity index (χ3n) is 5.82. The molecule has 3 aromatic rings. The molecule has 0 radical (unpaired) electrons. The highest BCUT2D eigenvalue weighted by molar-refractivity contribution is 9.12. The Balaban J connectivity index is 1.74. The first-order chi connectivity index (χ1) is 18.2. The van der Waals surface area contributed by atoms with E-state index in [1.54, 1.807) is 0 Å². The SMILES string of the molecule is CC(CO)Oc1c(Br)cc(C(C)(C)c2cc(Br)c(OCC(O)COc3c(Br)cc(Br)cc3Br)c(Br)c2)cc1Br. The molecule has 0 saturated carbocycles. The second-order valence-electron chi connectivity index (χ2n) is 9.25. The number of rotatable bonds is 11. The fourth-order valence-electron chi connectivity index (χ4n) is 3.57. The Bertz CT molecular complexity index is 1260. The minimum atomic E-state index is -0.855. The van der Waals surface area contributed by atoms with E-state index in [9.17, 15) is 10.2 Å². The molecule has 3 aromatic carbocycles. The van der Waals surface area contributed by atoms with Crippen molar-refractivity contribution in [1.29, 1.82) is 0 Å². The molecule has 212 valence electrons. The number of halogens is 7. The molecule has 0 fully saturated rings. The minimum Gasteiger partial charge on any atom is -0.488 e. The van der Waals surface area contributed by atoms with Crippen molar-refractivity contribution in [3.8, 4) is 17.2 Å². The van der Waals surface area contributed by atoms with Crippen LogP contribution >= 0.6 is 112 Å². The van der Waals surface area contributed by atoms with Gasteiger partial charge < -0.3 is 24.4 Å². The minimum absolute atomic E-state index is 0.0410. The smallest absolute Gasteiger partial charge is 0.148 e. The van der Waals surface area contributed by atoms with Gasteiger partial charge in [-0.3, -0.25) is 0 Å². The molecule has 0 aliphatic carbocycles. The summed E-state index contributed by atoms with van der Waals surface area (Å²) in [6.07, 6.45) is -1.18. The number of aliphatic hydroxyl groups is 2. The maximum absolute atomic E-state index is 10.5. The van der Waals surface area contributed by atoms with Gasteiger partial charge in [-0.2, -0.15) is 0 Å². The van der Waals surface area contributed by atoms with Crippen molar-refractivity contribution in [2.24, 2.45) is 0 Å². The molecule has 0 aliphatic rings. The van der Waals surface area contributed by atoms with Crippen molar-refractivity contribution in [3.63, 3.8) is 0 Å². The predicted octanol–water partition coefficient (Wildman–Crippen LogP) is 9.93. The lowest BCUT2D eigenvalue weighted by Crippen LogP contribution is -2.25. The normalized spacial score (nSPS) is 13.2. The summed E-state index contributed by atoms with van der Waals surface area (Å²) in [4.78, 5) is 0. The molecule has 0 heterocycles. The van der Waals surface area contributed by atoms with E-state index in [0.717, 1.165) is 42.4 Å². The Kier molecular flexibility index (Phi) is 12.7. The van der Waals surface area contributed by atoms with Crippen LogP contribution < -0.4 is 14.2 Å². The van der Waals surface area contributed by atoms with E-state index in [-0.39, 0.29) is 31.3 Å². The summed E-state index contributed by atoms with van der Waals surface area (Å²) in [7, 11) is 0. The standard InChI is InChI=1S/C27H25Br7O5/c1-13(10-35)39-26-20(31)6-15(7-21(26)32)27(2,3)14-4-18(29)24(19(30)5-14)37-11-17(36)12-38-25-22(33)8-16(28)9-23(25)34/h4-9,13,17,35-36H,10-12H2,1-3H3. The Morgan fingerprint density at radius 1 is 0.667 bits per heavy atom. The van der Waals surface area contributed by atoms with E-state index in [0.29, 0.717) is 17.2 Å². The van der Waals surface area contributed by atoms with Crippen molar-refractivity contribution in [2.45, 2.75) is 38.4 Å². The first-order valence-corrected chi connectivity index (χ1v) is 17.1. The highest BCUT2D eigenvalue weighted by Crippen LogP contribution is 2.44. The lowest BCUT2D eigenvalue weighted by atomic mass is 9.78. The average Bonchev–Trinajstić information content (AvgIpc) is 2.84. The van der Waals surface area contributed by atoms with Crippen LogP contribution in [0.25, 0.3) is 0 Å². The maximum Gasteiger partial charge on any atom is 0.148 e.